The number of hydrogen-bond acceptors (Lipinski definition) is 4. The fourth-order valence-electron chi connectivity index (χ4n) is 3.29. The van der Waals surface area contributed by atoms with Gasteiger partial charge in [0, 0.05) is 35.1 Å². The number of fused-ring (bicyclic) bond motifs is 1. The summed E-state index contributed by atoms with van der Waals surface area (Å²) >= 11 is 3.42. The summed E-state index contributed by atoms with van der Waals surface area (Å²) in [5.74, 6) is -1.04. The molecule has 2 heterocycles. The predicted molar refractivity (Wildman–Crippen MR) is 92.9 cm³/mol. The molecule has 2 aromatic rings. The summed E-state index contributed by atoms with van der Waals surface area (Å²) in [7, 11) is 0. The number of carbonyl (C=O) groups excluding carboxylic acids is 1. The fraction of sp³-hybridized carbons (Fsp3) is 0.412. The number of carboxylic acids is 1. The van der Waals surface area contributed by atoms with Gasteiger partial charge in [-0.05, 0) is 24.1 Å². The van der Waals surface area contributed by atoms with E-state index in [0.717, 1.165) is 9.86 Å². The van der Waals surface area contributed by atoms with Crippen LogP contribution in [-0.4, -0.2) is 41.0 Å². The molecule has 1 aliphatic heterocycles. The third-order valence-corrected chi connectivity index (χ3v) is 4.79. The van der Waals surface area contributed by atoms with Crippen LogP contribution in [0, 0.1) is 5.92 Å². The minimum Gasteiger partial charge on any atom is -0.475 e. The molecule has 0 radical (unpaired) electrons. The molecule has 0 aliphatic carbocycles. The van der Waals surface area contributed by atoms with Crippen molar-refractivity contribution in [1.29, 1.82) is 0 Å². The third kappa shape index (κ3) is 3.06. The minimum atomic E-state index is -1.10. The molecule has 128 valence electrons. The standard InChI is InChI=1S/C17H19BrN2O4/c1-9(2)14-16(21)19-5-6-20(14)8-12-11-7-10(18)3-4-13(11)24-15(12)17(22)23/h3-4,7,9,14H,5-6,8H2,1-2H3,(H,19,21)(H,22,23). The molecule has 2 N–H and O–H groups in total. The highest BCUT2D eigenvalue weighted by Crippen LogP contribution is 2.31. The van der Waals surface area contributed by atoms with Gasteiger partial charge in [0.05, 0.1) is 6.04 Å². The summed E-state index contributed by atoms with van der Waals surface area (Å²) in [6.45, 7) is 5.58. The first-order valence-corrected chi connectivity index (χ1v) is 8.63. The second-order valence-electron chi connectivity index (χ2n) is 6.31. The van der Waals surface area contributed by atoms with Crippen molar-refractivity contribution in [3.05, 3.63) is 34.0 Å². The molecule has 3 rings (SSSR count). The maximum atomic E-state index is 12.2. The number of carbonyl (C=O) groups is 2. The zero-order valence-electron chi connectivity index (χ0n) is 13.5. The van der Waals surface area contributed by atoms with Crippen LogP contribution in [0.25, 0.3) is 11.0 Å². The van der Waals surface area contributed by atoms with Crippen molar-refractivity contribution < 1.29 is 19.1 Å². The number of piperazine rings is 1. The number of rotatable bonds is 4. The number of hydrogen-bond donors (Lipinski definition) is 2. The molecule has 0 saturated carbocycles. The first-order valence-electron chi connectivity index (χ1n) is 7.84. The Morgan fingerprint density at radius 2 is 2.25 bits per heavy atom. The van der Waals surface area contributed by atoms with E-state index in [1.807, 2.05) is 30.9 Å². The van der Waals surface area contributed by atoms with Gasteiger partial charge in [-0.1, -0.05) is 29.8 Å². The number of aromatic carboxylic acids is 1. The highest BCUT2D eigenvalue weighted by molar-refractivity contribution is 9.10. The summed E-state index contributed by atoms with van der Waals surface area (Å²) in [5.41, 5.74) is 1.15. The van der Waals surface area contributed by atoms with E-state index in [0.29, 0.717) is 30.8 Å². The van der Waals surface area contributed by atoms with Gasteiger partial charge in [0.15, 0.2) is 0 Å². The minimum absolute atomic E-state index is 0.0119. The van der Waals surface area contributed by atoms with Gasteiger partial charge in [-0.25, -0.2) is 4.79 Å². The lowest BCUT2D eigenvalue weighted by Crippen LogP contribution is -2.56. The summed E-state index contributed by atoms with van der Waals surface area (Å²) in [4.78, 5) is 25.8. The quantitative estimate of drug-likeness (QED) is 0.832. The second-order valence-corrected chi connectivity index (χ2v) is 7.22. The second kappa shape index (κ2) is 6.57. The SMILES string of the molecule is CC(C)C1C(=O)NCCN1Cc1c(C(=O)O)oc2ccc(Br)cc12. The van der Waals surface area contributed by atoms with Gasteiger partial charge in [-0.15, -0.1) is 0 Å². The summed E-state index contributed by atoms with van der Waals surface area (Å²) < 4.78 is 6.38. The first kappa shape index (κ1) is 17.0. The molecule has 0 spiro atoms. The topological polar surface area (TPSA) is 82.8 Å². The Morgan fingerprint density at radius 1 is 1.50 bits per heavy atom. The molecule has 1 amide bonds. The largest absolute Gasteiger partial charge is 0.475 e. The van der Waals surface area contributed by atoms with E-state index in [-0.39, 0.29) is 23.6 Å². The molecule has 0 bridgehead atoms. The van der Waals surface area contributed by atoms with E-state index in [2.05, 4.69) is 21.2 Å². The normalized spacial score (nSPS) is 19.0. The van der Waals surface area contributed by atoms with Crippen molar-refractivity contribution in [1.82, 2.24) is 10.2 Å². The summed E-state index contributed by atoms with van der Waals surface area (Å²) in [6, 6.07) is 5.14. The molecular weight excluding hydrogens is 376 g/mol. The average Bonchev–Trinajstić information content (AvgIpc) is 2.85. The van der Waals surface area contributed by atoms with Crippen LogP contribution in [-0.2, 0) is 11.3 Å². The van der Waals surface area contributed by atoms with Crippen molar-refractivity contribution in [3.8, 4) is 0 Å². The van der Waals surface area contributed by atoms with E-state index in [9.17, 15) is 14.7 Å². The van der Waals surface area contributed by atoms with Crippen molar-refractivity contribution in [3.63, 3.8) is 0 Å². The van der Waals surface area contributed by atoms with E-state index < -0.39 is 5.97 Å². The molecule has 1 fully saturated rings. The van der Waals surface area contributed by atoms with Crippen LogP contribution in [0.4, 0.5) is 0 Å². The first-order chi connectivity index (χ1) is 11.4. The van der Waals surface area contributed by atoms with E-state index >= 15 is 0 Å². The van der Waals surface area contributed by atoms with Crippen LogP contribution in [0.15, 0.2) is 27.1 Å². The number of benzene rings is 1. The molecule has 7 heteroatoms. The lowest BCUT2D eigenvalue weighted by atomic mass is 9.98. The van der Waals surface area contributed by atoms with Gasteiger partial charge in [-0.2, -0.15) is 0 Å². The Labute approximate surface area is 147 Å². The Morgan fingerprint density at radius 3 is 2.92 bits per heavy atom. The van der Waals surface area contributed by atoms with Crippen molar-refractivity contribution >= 4 is 38.8 Å². The van der Waals surface area contributed by atoms with Crippen molar-refractivity contribution in [2.45, 2.75) is 26.4 Å². The molecule has 1 atom stereocenters. The number of furan rings is 1. The van der Waals surface area contributed by atoms with Gasteiger partial charge in [0.2, 0.25) is 11.7 Å². The van der Waals surface area contributed by atoms with Crippen LogP contribution in [0.3, 0.4) is 0 Å². The number of nitrogens with one attached hydrogen (secondary N) is 1. The molecule has 1 aliphatic rings. The van der Waals surface area contributed by atoms with Crippen LogP contribution in [0.2, 0.25) is 0 Å². The maximum absolute atomic E-state index is 12.2. The highest BCUT2D eigenvalue weighted by atomic mass is 79.9. The monoisotopic (exact) mass is 394 g/mol. The molecule has 24 heavy (non-hydrogen) atoms. The van der Waals surface area contributed by atoms with Crippen LogP contribution < -0.4 is 5.32 Å². The Hall–Kier alpha value is -1.86. The molecule has 1 aromatic carbocycles. The average molecular weight is 395 g/mol. The number of nitrogens with zero attached hydrogens (tertiary/aromatic N) is 1. The predicted octanol–water partition coefficient (Wildman–Crippen LogP) is 2.85. The smallest absolute Gasteiger partial charge is 0.372 e. The summed E-state index contributed by atoms with van der Waals surface area (Å²) in [6.07, 6.45) is 0. The lowest BCUT2D eigenvalue weighted by Gasteiger charge is -2.37. The van der Waals surface area contributed by atoms with Gasteiger partial charge in [0.1, 0.15) is 5.58 Å². The van der Waals surface area contributed by atoms with E-state index in [4.69, 9.17) is 4.42 Å². The highest BCUT2D eigenvalue weighted by Gasteiger charge is 2.34. The lowest BCUT2D eigenvalue weighted by molar-refractivity contribution is -0.131. The number of amides is 1. The van der Waals surface area contributed by atoms with E-state index in [1.54, 1.807) is 6.07 Å². The zero-order valence-corrected chi connectivity index (χ0v) is 15.1. The van der Waals surface area contributed by atoms with E-state index in [1.165, 1.54) is 0 Å². The van der Waals surface area contributed by atoms with Crippen molar-refractivity contribution in [2.75, 3.05) is 13.1 Å². The fourth-order valence-corrected chi connectivity index (χ4v) is 3.65. The van der Waals surface area contributed by atoms with Gasteiger partial charge >= 0.3 is 5.97 Å². The number of halogens is 1. The maximum Gasteiger partial charge on any atom is 0.372 e. The number of carboxylic acid groups (broad SMARTS) is 1. The Bertz CT molecular complexity index is 799. The summed E-state index contributed by atoms with van der Waals surface area (Å²) in [5, 5.41) is 13.1. The molecule has 1 saturated heterocycles. The molecule has 1 aromatic heterocycles. The molecule has 1 unspecified atom stereocenters. The van der Waals surface area contributed by atoms with Crippen LogP contribution in [0.5, 0.6) is 0 Å². The third-order valence-electron chi connectivity index (χ3n) is 4.30. The van der Waals surface area contributed by atoms with Crippen LogP contribution >= 0.6 is 15.9 Å². The van der Waals surface area contributed by atoms with Crippen LogP contribution in [0.1, 0.15) is 30.0 Å². The van der Waals surface area contributed by atoms with Gasteiger partial charge < -0.3 is 14.8 Å². The van der Waals surface area contributed by atoms with Gasteiger partial charge in [0.25, 0.3) is 0 Å². The molecular formula is C17H19BrN2O4. The molecule has 6 nitrogen and oxygen atoms in total. The Balaban J connectivity index is 2.04. The Kier molecular flexibility index (Phi) is 4.64. The van der Waals surface area contributed by atoms with Crippen molar-refractivity contribution in [2.24, 2.45) is 5.92 Å². The zero-order chi connectivity index (χ0) is 17.4. The van der Waals surface area contributed by atoms with Gasteiger partial charge in [-0.3, -0.25) is 9.69 Å².